The molecule has 0 radical (unpaired) electrons. The lowest BCUT2D eigenvalue weighted by Gasteiger charge is -2.38. The van der Waals surface area contributed by atoms with Crippen LogP contribution in [0.4, 0.5) is 5.69 Å². The molecule has 2 aliphatic rings. The van der Waals surface area contributed by atoms with Crippen molar-refractivity contribution in [3.05, 3.63) is 86.4 Å². The lowest BCUT2D eigenvalue weighted by Crippen LogP contribution is -2.61. The van der Waals surface area contributed by atoms with Crippen LogP contribution in [0.1, 0.15) is 42.9 Å². The number of nitrogens with zero attached hydrogens (tertiary/aromatic N) is 2. The second-order valence-electron chi connectivity index (χ2n) is 11.4. The average Bonchev–Trinajstić information content (AvgIpc) is 3.88. The number of nitrogens with one attached hydrogen (secondary N) is 2. The van der Waals surface area contributed by atoms with Crippen molar-refractivity contribution in [2.24, 2.45) is 0 Å². The fourth-order valence-corrected chi connectivity index (χ4v) is 6.23. The van der Waals surface area contributed by atoms with Crippen LogP contribution in [-0.4, -0.2) is 61.0 Å². The molecule has 46 heavy (non-hydrogen) atoms. The number of halogens is 3. The molecular weight excluding hydrogens is 651 g/mol. The van der Waals surface area contributed by atoms with Gasteiger partial charge in [0.15, 0.2) is 5.75 Å². The summed E-state index contributed by atoms with van der Waals surface area (Å²) >= 11 is 19.1. The molecule has 5 rings (SSSR count). The Morgan fingerprint density at radius 1 is 0.978 bits per heavy atom. The molecule has 1 saturated heterocycles. The van der Waals surface area contributed by atoms with E-state index in [0.29, 0.717) is 58.3 Å². The Morgan fingerprint density at radius 3 is 2.35 bits per heavy atom. The molecule has 2 fully saturated rings. The van der Waals surface area contributed by atoms with Crippen LogP contribution in [0.3, 0.4) is 0 Å². The topological polar surface area (TPSA) is 100 Å². The first-order chi connectivity index (χ1) is 22.1. The standard InChI is InChI=1S/C34H37Cl3N4O5/c1-3-31(42)39-17-22-4-11-27(35)23(16-22)20-40(24-5-6-24)34(44)30-18-38-19-32(43)41(30)25-7-9-26(10-8-25)45-12-13-46-33-28(36)14-21(2)15-29(33)37/h4,7-11,14-16,24,30,38H,3,5-6,12-13,17-20H2,1-2H3,(H,39,42)/t30-/m1/s1. The third-order valence-electron chi connectivity index (χ3n) is 7.87. The van der Waals surface area contributed by atoms with Crippen LogP contribution in [0.25, 0.3) is 0 Å². The lowest BCUT2D eigenvalue weighted by atomic mass is 10.1. The zero-order chi connectivity index (χ0) is 32.8. The molecule has 1 saturated carbocycles. The van der Waals surface area contributed by atoms with Crippen LogP contribution in [-0.2, 0) is 27.5 Å². The minimum absolute atomic E-state index is 0.0386. The second-order valence-corrected chi connectivity index (χ2v) is 12.6. The molecular formula is C34H37Cl3N4O5. The van der Waals surface area contributed by atoms with Gasteiger partial charge >= 0.3 is 0 Å². The van der Waals surface area contributed by atoms with E-state index in [1.807, 2.05) is 24.0 Å². The number of anilines is 1. The van der Waals surface area contributed by atoms with Gasteiger partial charge in [-0.05, 0) is 78.9 Å². The van der Waals surface area contributed by atoms with E-state index in [9.17, 15) is 14.4 Å². The quantitative estimate of drug-likeness (QED) is 0.216. The largest absolute Gasteiger partial charge is 0.490 e. The van der Waals surface area contributed by atoms with Crippen molar-refractivity contribution < 1.29 is 23.9 Å². The zero-order valence-corrected chi connectivity index (χ0v) is 28.1. The molecule has 1 atom stereocenters. The highest BCUT2D eigenvalue weighted by Crippen LogP contribution is 2.35. The van der Waals surface area contributed by atoms with Crippen molar-refractivity contribution in [1.29, 1.82) is 0 Å². The second kappa shape index (κ2) is 15.4. The average molecular weight is 688 g/mol. The number of aryl methyl sites for hydroxylation is 1. The summed E-state index contributed by atoms with van der Waals surface area (Å²) in [6.07, 6.45) is 2.18. The van der Waals surface area contributed by atoms with Crippen molar-refractivity contribution in [1.82, 2.24) is 15.5 Å². The van der Waals surface area contributed by atoms with Gasteiger partial charge in [-0.25, -0.2) is 0 Å². The molecule has 0 aromatic heterocycles. The summed E-state index contributed by atoms with van der Waals surface area (Å²) < 4.78 is 11.6. The van der Waals surface area contributed by atoms with Crippen LogP contribution < -0.4 is 25.0 Å². The zero-order valence-electron chi connectivity index (χ0n) is 25.8. The van der Waals surface area contributed by atoms with Crippen molar-refractivity contribution in [3.8, 4) is 11.5 Å². The van der Waals surface area contributed by atoms with Gasteiger partial charge in [0.1, 0.15) is 25.0 Å². The maximum Gasteiger partial charge on any atom is 0.247 e. The first kappa shape index (κ1) is 33.9. The predicted molar refractivity (Wildman–Crippen MR) is 180 cm³/mol. The molecule has 1 heterocycles. The van der Waals surface area contributed by atoms with E-state index in [-0.39, 0.29) is 43.5 Å². The molecule has 9 nitrogen and oxygen atoms in total. The van der Waals surface area contributed by atoms with Gasteiger partial charge in [0, 0.05) is 42.8 Å². The molecule has 12 heteroatoms. The minimum atomic E-state index is -0.725. The van der Waals surface area contributed by atoms with Crippen LogP contribution in [0.15, 0.2) is 54.6 Å². The summed E-state index contributed by atoms with van der Waals surface area (Å²) in [5.41, 5.74) is 3.24. The normalized spacial score (nSPS) is 16.2. The van der Waals surface area contributed by atoms with Crippen LogP contribution >= 0.6 is 34.8 Å². The number of piperazine rings is 1. The number of hydrogen-bond donors (Lipinski definition) is 2. The highest BCUT2D eigenvalue weighted by atomic mass is 35.5. The van der Waals surface area contributed by atoms with E-state index in [0.717, 1.165) is 29.5 Å². The lowest BCUT2D eigenvalue weighted by molar-refractivity contribution is -0.136. The number of amides is 3. The summed E-state index contributed by atoms with van der Waals surface area (Å²) in [7, 11) is 0. The molecule has 1 aliphatic carbocycles. The van der Waals surface area contributed by atoms with Crippen LogP contribution in [0, 0.1) is 6.92 Å². The van der Waals surface area contributed by atoms with E-state index < -0.39 is 6.04 Å². The highest BCUT2D eigenvalue weighted by Gasteiger charge is 2.41. The molecule has 0 unspecified atom stereocenters. The van der Waals surface area contributed by atoms with E-state index in [1.54, 1.807) is 54.3 Å². The van der Waals surface area contributed by atoms with Gasteiger partial charge in [-0.2, -0.15) is 0 Å². The SMILES string of the molecule is CCC(=O)NCc1ccc(Cl)c(CN(C(=O)[C@H]2CNCC(=O)N2c2ccc(OCCOc3c(Cl)cc(C)cc3Cl)cc2)C2CC2)c1. The van der Waals surface area contributed by atoms with Gasteiger partial charge in [-0.15, -0.1) is 0 Å². The molecule has 3 amide bonds. The summed E-state index contributed by atoms with van der Waals surface area (Å²) in [5.74, 6) is 0.624. The molecule has 1 aliphatic heterocycles. The molecule has 3 aromatic carbocycles. The van der Waals surface area contributed by atoms with Gasteiger partial charge in [0.05, 0.1) is 16.6 Å². The Morgan fingerprint density at radius 2 is 1.67 bits per heavy atom. The predicted octanol–water partition coefficient (Wildman–Crippen LogP) is 5.94. The van der Waals surface area contributed by atoms with Crippen LogP contribution in [0.2, 0.25) is 15.1 Å². The number of ether oxygens (including phenoxy) is 2. The van der Waals surface area contributed by atoms with Gasteiger partial charge in [0.25, 0.3) is 0 Å². The first-order valence-electron chi connectivity index (χ1n) is 15.3. The van der Waals surface area contributed by atoms with Crippen LogP contribution in [0.5, 0.6) is 11.5 Å². The number of carbonyl (C=O) groups excluding carboxylic acids is 3. The Bertz CT molecular complexity index is 1560. The van der Waals surface area contributed by atoms with Gasteiger partial charge in [-0.1, -0.05) is 53.9 Å². The number of benzene rings is 3. The van der Waals surface area contributed by atoms with Gasteiger partial charge in [-0.3, -0.25) is 19.3 Å². The fraction of sp³-hybridized carbons (Fsp3) is 0.382. The monoisotopic (exact) mass is 686 g/mol. The smallest absolute Gasteiger partial charge is 0.247 e. The summed E-state index contributed by atoms with van der Waals surface area (Å²) in [6, 6.07) is 15.6. The summed E-state index contributed by atoms with van der Waals surface area (Å²) in [4.78, 5) is 42.5. The number of carbonyl (C=O) groups is 3. The van der Waals surface area contributed by atoms with E-state index in [1.165, 1.54) is 0 Å². The molecule has 2 N–H and O–H groups in total. The third-order valence-corrected chi connectivity index (χ3v) is 8.80. The van der Waals surface area contributed by atoms with Crippen molar-refractivity contribution >= 4 is 58.2 Å². The van der Waals surface area contributed by atoms with Gasteiger partial charge in [0.2, 0.25) is 17.7 Å². The van der Waals surface area contributed by atoms with Crippen molar-refractivity contribution in [3.63, 3.8) is 0 Å². The Kier molecular flexibility index (Phi) is 11.3. The van der Waals surface area contributed by atoms with E-state index >= 15 is 0 Å². The Hall–Kier alpha value is -3.50. The maximum atomic E-state index is 14.1. The third kappa shape index (κ3) is 8.45. The molecule has 244 valence electrons. The van der Waals surface area contributed by atoms with Gasteiger partial charge < -0.3 is 25.0 Å². The highest BCUT2D eigenvalue weighted by molar-refractivity contribution is 6.37. The molecule has 3 aromatic rings. The van der Waals surface area contributed by atoms with Crippen molar-refractivity contribution in [2.45, 2.75) is 58.3 Å². The van der Waals surface area contributed by atoms with E-state index in [4.69, 9.17) is 44.3 Å². The maximum absolute atomic E-state index is 14.1. The Labute approximate surface area is 284 Å². The Balaban J connectivity index is 1.24. The summed E-state index contributed by atoms with van der Waals surface area (Å²) in [5, 5.41) is 7.40. The molecule has 0 bridgehead atoms. The summed E-state index contributed by atoms with van der Waals surface area (Å²) in [6.45, 7) is 5.33. The molecule has 0 spiro atoms. The van der Waals surface area contributed by atoms with Crippen molar-refractivity contribution in [2.75, 3.05) is 31.2 Å². The fourth-order valence-electron chi connectivity index (χ4n) is 5.35. The van der Waals surface area contributed by atoms with E-state index in [2.05, 4.69) is 10.6 Å². The number of hydrogen-bond acceptors (Lipinski definition) is 6. The number of rotatable bonds is 13. The first-order valence-corrected chi connectivity index (χ1v) is 16.5. The minimum Gasteiger partial charge on any atom is -0.490 e.